The van der Waals surface area contributed by atoms with Crippen molar-refractivity contribution < 1.29 is 4.74 Å². The van der Waals surface area contributed by atoms with Crippen LogP contribution in [-0.4, -0.2) is 23.2 Å². The van der Waals surface area contributed by atoms with E-state index in [1.54, 1.807) is 0 Å². The summed E-state index contributed by atoms with van der Waals surface area (Å²) in [5.74, 6) is 0. The standard InChI is InChI=1S/C13H17ClN2OS/c1-8-13(2,5-6-17-8)16-9-3-4-10(12(15)18)11(14)7-9/h3-4,7-8,16H,5-6H2,1-2H3,(H2,15,18). The number of hydrogen-bond donors (Lipinski definition) is 2. The maximum Gasteiger partial charge on any atom is 0.105 e. The molecule has 1 aromatic carbocycles. The van der Waals surface area contributed by atoms with E-state index in [9.17, 15) is 0 Å². The van der Waals surface area contributed by atoms with Gasteiger partial charge in [-0.15, -0.1) is 0 Å². The van der Waals surface area contributed by atoms with E-state index < -0.39 is 0 Å². The van der Waals surface area contributed by atoms with E-state index in [1.807, 2.05) is 18.2 Å². The average molecular weight is 285 g/mol. The molecular formula is C13H17ClN2OS. The number of nitrogens with one attached hydrogen (secondary N) is 1. The van der Waals surface area contributed by atoms with E-state index in [2.05, 4.69) is 19.2 Å². The number of thiocarbonyl (C=S) groups is 1. The summed E-state index contributed by atoms with van der Waals surface area (Å²) in [5.41, 5.74) is 7.19. The smallest absolute Gasteiger partial charge is 0.105 e. The Kier molecular flexibility index (Phi) is 3.80. The lowest BCUT2D eigenvalue weighted by Crippen LogP contribution is -2.41. The first-order valence-corrected chi connectivity index (χ1v) is 6.70. The van der Waals surface area contributed by atoms with Crippen molar-refractivity contribution in [2.45, 2.75) is 31.9 Å². The van der Waals surface area contributed by atoms with E-state index in [4.69, 9.17) is 34.3 Å². The third-order valence-corrected chi connectivity index (χ3v) is 4.08. The van der Waals surface area contributed by atoms with Crippen molar-refractivity contribution in [1.29, 1.82) is 0 Å². The average Bonchev–Trinajstić information content (AvgIpc) is 2.58. The Morgan fingerprint density at radius 1 is 1.61 bits per heavy atom. The number of ether oxygens (including phenoxy) is 1. The van der Waals surface area contributed by atoms with Gasteiger partial charge in [0.2, 0.25) is 0 Å². The molecule has 3 nitrogen and oxygen atoms in total. The Bertz CT molecular complexity index is 480. The second-order valence-electron chi connectivity index (χ2n) is 4.86. The summed E-state index contributed by atoms with van der Waals surface area (Å²) >= 11 is 11.1. The van der Waals surface area contributed by atoms with E-state index in [-0.39, 0.29) is 11.6 Å². The van der Waals surface area contributed by atoms with E-state index in [1.165, 1.54) is 0 Å². The topological polar surface area (TPSA) is 47.3 Å². The van der Waals surface area contributed by atoms with Crippen molar-refractivity contribution in [2.75, 3.05) is 11.9 Å². The molecule has 0 spiro atoms. The van der Waals surface area contributed by atoms with Gasteiger partial charge < -0.3 is 15.8 Å². The van der Waals surface area contributed by atoms with E-state index >= 15 is 0 Å². The van der Waals surface area contributed by atoms with Gasteiger partial charge in [0, 0.05) is 17.9 Å². The first-order valence-electron chi connectivity index (χ1n) is 5.91. The van der Waals surface area contributed by atoms with E-state index in [0.717, 1.165) is 18.7 Å². The second-order valence-corrected chi connectivity index (χ2v) is 5.71. The number of rotatable bonds is 3. The van der Waals surface area contributed by atoms with E-state index in [0.29, 0.717) is 15.6 Å². The molecule has 0 amide bonds. The van der Waals surface area contributed by atoms with Gasteiger partial charge in [-0.05, 0) is 38.5 Å². The lowest BCUT2D eigenvalue weighted by Gasteiger charge is -2.30. The number of halogens is 1. The largest absolute Gasteiger partial charge is 0.389 e. The van der Waals surface area contributed by atoms with Crippen molar-refractivity contribution in [3.63, 3.8) is 0 Å². The zero-order valence-electron chi connectivity index (χ0n) is 10.5. The highest BCUT2D eigenvalue weighted by molar-refractivity contribution is 7.80. The Hall–Kier alpha value is -0.840. The summed E-state index contributed by atoms with van der Waals surface area (Å²) in [6.45, 7) is 5.01. The molecule has 0 radical (unpaired) electrons. The van der Waals surface area contributed by atoms with Gasteiger partial charge in [-0.25, -0.2) is 0 Å². The third kappa shape index (κ3) is 2.60. The third-order valence-electron chi connectivity index (χ3n) is 3.55. The fourth-order valence-corrected chi connectivity index (χ4v) is 2.64. The van der Waals surface area contributed by atoms with Crippen molar-refractivity contribution in [3.05, 3.63) is 28.8 Å². The number of anilines is 1. The summed E-state index contributed by atoms with van der Waals surface area (Å²) in [7, 11) is 0. The summed E-state index contributed by atoms with van der Waals surface area (Å²) in [5, 5.41) is 4.05. The van der Waals surface area contributed by atoms with Gasteiger partial charge in [0.25, 0.3) is 0 Å². The molecule has 98 valence electrons. The molecule has 0 aliphatic carbocycles. The van der Waals surface area contributed by atoms with Crippen LogP contribution < -0.4 is 11.1 Å². The molecule has 1 fully saturated rings. The van der Waals surface area contributed by atoms with Crippen LogP contribution in [0.2, 0.25) is 5.02 Å². The van der Waals surface area contributed by atoms with Crippen LogP contribution in [0.1, 0.15) is 25.8 Å². The van der Waals surface area contributed by atoms with Crippen molar-refractivity contribution in [3.8, 4) is 0 Å². The van der Waals surface area contributed by atoms with Crippen LogP contribution in [0.25, 0.3) is 0 Å². The fourth-order valence-electron chi connectivity index (χ4n) is 2.12. The lowest BCUT2D eigenvalue weighted by molar-refractivity contribution is 0.105. The second kappa shape index (κ2) is 5.03. The monoisotopic (exact) mass is 284 g/mol. The molecule has 1 heterocycles. The Morgan fingerprint density at radius 2 is 2.33 bits per heavy atom. The highest BCUT2D eigenvalue weighted by Crippen LogP contribution is 2.31. The Balaban J connectivity index is 2.20. The van der Waals surface area contributed by atoms with Gasteiger partial charge in [0.1, 0.15) is 4.99 Å². The molecule has 2 rings (SSSR count). The SMILES string of the molecule is CC1OCCC1(C)Nc1ccc(C(N)=S)c(Cl)c1. The molecule has 18 heavy (non-hydrogen) atoms. The van der Waals surface area contributed by atoms with Crippen LogP contribution in [0.5, 0.6) is 0 Å². The zero-order valence-corrected chi connectivity index (χ0v) is 12.1. The van der Waals surface area contributed by atoms with Gasteiger partial charge in [-0.1, -0.05) is 23.8 Å². The Morgan fingerprint density at radius 3 is 2.83 bits per heavy atom. The highest BCUT2D eigenvalue weighted by Gasteiger charge is 2.36. The maximum atomic E-state index is 6.15. The molecule has 1 aliphatic heterocycles. The molecular weight excluding hydrogens is 268 g/mol. The molecule has 2 atom stereocenters. The summed E-state index contributed by atoms with van der Waals surface area (Å²) in [6.07, 6.45) is 1.15. The molecule has 0 saturated carbocycles. The van der Waals surface area contributed by atoms with Crippen molar-refractivity contribution in [1.82, 2.24) is 0 Å². The van der Waals surface area contributed by atoms with Gasteiger partial charge >= 0.3 is 0 Å². The molecule has 5 heteroatoms. The predicted octanol–water partition coefficient (Wildman–Crippen LogP) is 2.95. The van der Waals surface area contributed by atoms with Crippen LogP contribution in [0, 0.1) is 0 Å². The highest BCUT2D eigenvalue weighted by atomic mass is 35.5. The molecule has 1 aliphatic rings. The van der Waals surface area contributed by atoms with Gasteiger partial charge in [0.15, 0.2) is 0 Å². The van der Waals surface area contributed by atoms with Gasteiger partial charge in [-0.3, -0.25) is 0 Å². The predicted molar refractivity (Wildman–Crippen MR) is 79.4 cm³/mol. The number of nitrogens with two attached hydrogens (primary N) is 1. The summed E-state index contributed by atoms with van der Waals surface area (Å²) in [4.78, 5) is 0.315. The van der Waals surface area contributed by atoms with Crippen molar-refractivity contribution >= 4 is 34.5 Å². The normalized spacial score (nSPS) is 27.2. The number of benzene rings is 1. The quantitative estimate of drug-likeness (QED) is 0.838. The molecule has 2 unspecified atom stereocenters. The van der Waals surface area contributed by atoms with Crippen LogP contribution in [-0.2, 0) is 4.74 Å². The summed E-state index contributed by atoms with van der Waals surface area (Å²) < 4.78 is 5.60. The van der Waals surface area contributed by atoms with Crippen molar-refractivity contribution in [2.24, 2.45) is 5.73 Å². The minimum absolute atomic E-state index is 0.0614. The zero-order chi connectivity index (χ0) is 13.3. The van der Waals surface area contributed by atoms with Crippen LogP contribution in [0.3, 0.4) is 0 Å². The molecule has 0 bridgehead atoms. The number of hydrogen-bond acceptors (Lipinski definition) is 3. The minimum Gasteiger partial charge on any atom is -0.389 e. The van der Waals surface area contributed by atoms with Crippen LogP contribution >= 0.6 is 23.8 Å². The Labute approximate surface area is 118 Å². The molecule has 1 saturated heterocycles. The first-order chi connectivity index (χ1) is 8.42. The van der Waals surface area contributed by atoms with Crippen LogP contribution in [0.4, 0.5) is 5.69 Å². The molecule has 0 aromatic heterocycles. The first kappa shape index (κ1) is 13.6. The molecule has 1 aromatic rings. The summed E-state index contributed by atoms with van der Waals surface area (Å²) in [6, 6.07) is 5.64. The van der Waals surface area contributed by atoms with Crippen LogP contribution in [0.15, 0.2) is 18.2 Å². The van der Waals surface area contributed by atoms with Gasteiger partial charge in [0.05, 0.1) is 16.7 Å². The minimum atomic E-state index is -0.0614. The fraction of sp³-hybridized carbons (Fsp3) is 0.462. The molecule has 3 N–H and O–H groups in total. The van der Waals surface area contributed by atoms with Gasteiger partial charge in [-0.2, -0.15) is 0 Å². The lowest BCUT2D eigenvalue weighted by atomic mass is 9.94. The maximum absolute atomic E-state index is 6.15.